The summed E-state index contributed by atoms with van der Waals surface area (Å²) in [6.45, 7) is -0.544. The first-order valence-electron chi connectivity index (χ1n) is 10.1. The van der Waals surface area contributed by atoms with Gasteiger partial charge in [-0.05, 0) is 36.4 Å². The maximum absolute atomic E-state index is 13.0. The molecule has 1 heterocycles. The van der Waals surface area contributed by atoms with Crippen molar-refractivity contribution >= 4 is 5.91 Å². The molecule has 0 aliphatic carbocycles. The molecular formula is C23H22F3N3O5. The van der Waals surface area contributed by atoms with Gasteiger partial charge in [0, 0.05) is 18.2 Å². The van der Waals surface area contributed by atoms with Crippen molar-refractivity contribution in [2.45, 2.75) is 12.7 Å². The lowest BCUT2D eigenvalue weighted by Gasteiger charge is -2.14. The maximum atomic E-state index is 13.0. The van der Waals surface area contributed by atoms with Crippen LogP contribution in [0.1, 0.15) is 5.56 Å². The quantitative estimate of drug-likeness (QED) is 0.509. The smallest absolute Gasteiger partial charge is 0.419 e. The molecule has 11 heteroatoms. The van der Waals surface area contributed by atoms with Crippen LogP contribution in [0.5, 0.6) is 17.2 Å². The molecule has 0 bridgehead atoms. The Bertz CT molecular complexity index is 1210. The minimum atomic E-state index is -4.60. The Morgan fingerprint density at radius 2 is 1.74 bits per heavy atom. The van der Waals surface area contributed by atoms with E-state index in [1.165, 1.54) is 37.1 Å². The molecule has 0 unspecified atom stereocenters. The largest absolute Gasteiger partial charge is 0.493 e. The van der Waals surface area contributed by atoms with Gasteiger partial charge in [0.1, 0.15) is 5.75 Å². The SMILES string of the molecule is COc1ccc(-c2ccc(=O)n(CCNC(=O)COc3ccccc3C(F)(F)F)n2)cc1OC. The van der Waals surface area contributed by atoms with Gasteiger partial charge >= 0.3 is 6.18 Å². The summed E-state index contributed by atoms with van der Waals surface area (Å²) in [5, 5.41) is 6.80. The molecule has 0 radical (unpaired) electrons. The van der Waals surface area contributed by atoms with Crippen LogP contribution in [-0.2, 0) is 17.5 Å². The molecule has 34 heavy (non-hydrogen) atoms. The number of rotatable bonds is 9. The first-order chi connectivity index (χ1) is 16.2. The average molecular weight is 477 g/mol. The van der Waals surface area contributed by atoms with Gasteiger partial charge in [0.15, 0.2) is 18.1 Å². The molecule has 0 spiro atoms. The monoisotopic (exact) mass is 477 g/mol. The highest BCUT2D eigenvalue weighted by Gasteiger charge is 2.34. The van der Waals surface area contributed by atoms with E-state index >= 15 is 0 Å². The van der Waals surface area contributed by atoms with E-state index in [0.29, 0.717) is 22.8 Å². The van der Waals surface area contributed by atoms with Crippen molar-refractivity contribution in [3.8, 4) is 28.5 Å². The molecule has 0 saturated heterocycles. The number of ether oxygens (including phenoxy) is 3. The molecule has 0 aliphatic heterocycles. The first-order valence-corrected chi connectivity index (χ1v) is 10.1. The first kappa shape index (κ1) is 24.6. The van der Waals surface area contributed by atoms with E-state index in [9.17, 15) is 22.8 Å². The van der Waals surface area contributed by atoms with Crippen LogP contribution in [0, 0.1) is 0 Å². The second kappa shape index (κ2) is 10.7. The Morgan fingerprint density at radius 1 is 1.00 bits per heavy atom. The third-order valence-corrected chi connectivity index (χ3v) is 4.74. The minimum Gasteiger partial charge on any atom is -0.493 e. The number of carbonyl (C=O) groups is 1. The number of carbonyl (C=O) groups excluding carboxylic acids is 1. The van der Waals surface area contributed by atoms with E-state index in [-0.39, 0.29) is 18.6 Å². The van der Waals surface area contributed by atoms with Crippen LogP contribution in [-0.4, -0.2) is 43.1 Å². The van der Waals surface area contributed by atoms with E-state index in [1.807, 2.05) is 0 Å². The summed E-state index contributed by atoms with van der Waals surface area (Å²) in [5.41, 5.74) is -0.162. The molecule has 0 atom stereocenters. The standard InChI is InChI=1S/C23H22F3N3O5/c1-32-19-9-7-15(13-20(19)33-2)17-8-10-22(31)29(28-17)12-11-27-21(30)14-34-18-6-4-3-5-16(18)23(24,25)26/h3-10,13H,11-12,14H2,1-2H3,(H,27,30). The second-order valence-corrected chi connectivity index (χ2v) is 6.98. The second-order valence-electron chi connectivity index (χ2n) is 6.98. The molecule has 2 aromatic carbocycles. The number of nitrogens with zero attached hydrogens (tertiary/aromatic N) is 2. The lowest BCUT2D eigenvalue weighted by molar-refractivity contribution is -0.139. The van der Waals surface area contributed by atoms with Crippen molar-refractivity contribution in [2.24, 2.45) is 0 Å². The Balaban J connectivity index is 1.60. The van der Waals surface area contributed by atoms with Crippen molar-refractivity contribution < 1.29 is 32.2 Å². The number of benzene rings is 2. The van der Waals surface area contributed by atoms with Gasteiger partial charge in [-0.3, -0.25) is 9.59 Å². The van der Waals surface area contributed by atoms with E-state index in [4.69, 9.17) is 14.2 Å². The molecule has 0 fully saturated rings. The molecule has 1 N–H and O–H groups in total. The Labute approximate surface area is 192 Å². The van der Waals surface area contributed by atoms with Gasteiger partial charge in [0.05, 0.1) is 32.0 Å². The highest BCUT2D eigenvalue weighted by atomic mass is 19.4. The fourth-order valence-corrected chi connectivity index (χ4v) is 3.08. The number of hydrogen-bond acceptors (Lipinski definition) is 6. The van der Waals surface area contributed by atoms with E-state index in [2.05, 4.69) is 10.4 Å². The average Bonchev–Trinajstić information content (AvgIpc) is 2.83. The summed E-state index contributed by atoms with van der Waals surface area (Å²) in [4.78, 5) is 24.2. The number of halogens is 3. The predicted octanol–water partition coefficient (Wildman–Crippen LogP) is 3.14. The summed E-state index contributed by atoms with van der Waals surface area (Å²) < 4.78 is 55.7. The van der Waals surface area contributed by atoms with Gasteiger partial charge in [0.2, 0.25) is 0 Å². The van der Waals surface area contributed by atoms with Crippen LogP contribution in [0.3, 0.4) is 0 Å². The summed E-state index contributed by atoms with van der Waals surface area (Å²) >= 11 is 0. The third-order valence-electron chi connectivity index (χ3n) is 4.74. The number of amides is 1. The van der Waals surface area contributed by atoms with Crippen molar-refractivity contribution in [3.05, 3.63) is 70.5 Å². The maximum Gasteiger partial charge on any atom is 0.419 e. The van der Waals surface area contributed by atoms with E-state index in [0.717, 1.165) is 12.1 Å². The third kappa shape index (κ3) is 6.06. The van der Waals surface area contributed by atoms with Gasteiger partial charge in [-0.15, -0.1) is 0 Å². The van der Waals surface area contributed by atoms with Crippen LogP contribution in [0.2, 0.25) is 0 Å². The summed E-state index contributed by atoms with van der Waals surface area (Å²) in [7, 11) is 3.02. The molecule has 3 rings (SSSR count). The molecule has 180 valence electrons. The van der Waals surface area contributed by atoms with E-state index in [1.54, 1.807) is 24.3 Å². The fourth-order valence-electron chi connectivity index (χ4n) is 3.08. The van der Waals surface area contributed by atoms with Gasteiger partial charge in [-0.25, -0.2) is 4.68 Å². The van der Waals surface area contributed by atoms with Crippen molar-refractivity contribution in [1.29, 1.82) is 0 Å². The summed E-state index contributed by atoms with van der Waals surface area (Å²) in [6.07, 6.45) is -4.60. The highest BCUT2D eigenvalue weighted by Crippen LogP contribution is 2.35. The molecule has 8 nitrogen and oxygen atoms in total. The number of hydrogen-bond donors (Lipinski definition) is 1. The highest BCUT2D eigenvalue weighted by molar-refractivity contribution is 5.77. The van der Waals surface area contributed by atoms with Gasteiger partial charge < -0.3 is 19.5 Å². The Hall–Kier alpha value is -4.02. The molecule has 1 amide bonds. The Morgan fingerprint density at radius 3 is 2.44 bits per heavy atom. The number of alkyl halides is 3. The topological polar surface area (TPSA) is 91.7 Å². The number of aromatic nitrogens is 2. The molecule has 0 aliphatic rings. The van der Waals surface area contributed by atoms with Crippen LogP contribution < -0.4 is 25.1 Å². The summed E-state index contributed by atoms with van der Waals surface area (Å²) in [6, 6.07) is 12.7. The zero-order chi connectivity index (χ0) is 24.7. The van der Waals surface area contributed by atoms with Crippen molar-refractivity contribution in [3.63, 3.8) is 0 Å². The van der Waals surface area contributed by atoms with Crippen LogP contribution in [0.25, 0.3) is 11.3 Å². The zero-order valence-corrected chi connectivity index (χ0v) is 18.4. The Kier molecular flexibility index (Phi) is 7.77. The molecule has 1 aromatic heterocycles. The van der Waals surface area contributed by atoms with Crippen LogP contribution in [0.4, 0.5) is 13.2 Å². The van der Waals surface area contributed by atoms with Gasteiger partial charge in [0.25, 0.3) is 11.5 Å². The molecular weight excluding hydrogens is 455 g/mol. The van der Waals surface area contributed by atoms with Gasteiger partial charge in [-0.2, -0.15) is 18.3 Å². The van der Waals surface area contributed by atoms with Crippen LogP contribution in [0.15, 0.2) is 59.4 Å². The number of methoxy groups -OCH3 is 2. The zero-order valence-electron chi connectivity index (χ0n) is 18.4. The minimum absolute atomic E-state index is 0.0193. The van der Waals surface area contributed by atoms with Gasteiger partial charge in [-0.1, -0.05) is 12.1 Å². The normalized spacial score (nSPS) is 11.1. The fraction of sp³-hybridized carbons (Fsp3) is 0.261. The predicted molar refractivity (Wildman–Crippen MR) is 117 cm³/mol. The molecule has 3 aromatic rings. The van der Waals surface area contributed by atoms with Crippen LogP contribution >= 0.6 is 0 Å². The molecule has 0 saturated carbocycles. The van der Waals surface area contributed by atoms with Crippen molar-refractivity contribution in [2.75, 3.05) is 27.4 Å². The lowest BCUT2D eigenvalue weighted by atomic mass is 10.1. The lowest BCUT2D eigenvalue weighted by Crippen LogP contribution is -2.34. The summed E-state index contributed by atoms with van der Waals surface area (Å²) in [5.74, 6) is -0.0343. The van der Waals surface area contributed by atoms with E-state index < -0.39 is 30.0 Å². The van der Waals surface area contributed by atoms with Crippen molar-refractivity contribution in [1.82, 2.24) is 15.1 Å². The number of nitrogens with one attached hydrogen (secondary N) is 1. The number of para-hydroxylation sites is 1.